The summed E-state index contributed by atoms with van der Waals surface area (Å²) in [4.78, 5) is 0. The van der Waals surface area contributed by atoms with Gasteiger partial charge < -0.3 is 5.73 Å². The van der Waals surface area contributed by atoms with Crippen molar-refractivity contribution in [2.45, 2.75) is 43.8 Å². The van der Waals surface area contributed by atoms with Crippen molar-refractivity contribution in [1.82, 2.24) is 0 Å². The summed E-state index contributed by atoms with van der Waals surface area (Å²) in [6.07, 6.45) is 0.0580. The first-order valence-electron chi connectivity index (χ1n) is 7.96. The van der Waals surface area contributed by atoms with Crippen LogP contribution in [0.3, 0.4) is 0 Å². The van der Waals surface area contributed by atoms with Crippen LogP contribution in [-0.2, 0) is 6.18 Å². The maximum Gasteiger partial charge on any atom is 0.416 e. The van der Waals surface area contributed by atoms with Gasteiger partial charge in [-0.2, -0.15) is 13.2 Å². The molecule has 1 fully saturated rings. The van der Waals surface area contributed by atoms with Gasteiger partial charge in [0.2, 0.25) is 0 Å². The minimum Gasteiger partial charge on any atom is -0.328 e. The third-order valence-corrected chi connectivity index (χ3v) is 4.70. The van der Waals surface area contributed by atoms with Gasteiger partial charge in [-0.3, -0.25) is 0 Å². The van der Waals surface area contributed by atoms with E-state index in [-0.39, 0.29) is 0 Å². The highest BCUT2D eigenvalue weighted by atomic mass is 19.4. The second-order valence-corrected chi connectivity index (χ2v) is 6.31. The molecule has 0 heterocycles. The average molecular weight is 319 g/mol. The molecule has 0 radical (unpaired) electrons. The van der Waals surface area contributed by atoms with Crippen LogP contribution < -0.4 is 5.73 Å². The maximum absolute atomic E-state index is 12.6. The van der Waals surface area contributed by atoms with Crippen molar-refractivity contribution in [2.24, 2.45) is 5.73 Å². The molecule has 23 heavy (non-hydrogen) atoms. The Hall–Kier alpha value is -1.81. The number of benzene rings is 2. The Morgan fingerprint density at radius 1 is 0.739 bits per heavy atom. The monoisotopic (exact) mass is 319 g/mol. The normalized spacial score (nSPS) is 22.1. The topological polar surface area (TPSA) is 26.0 Å². The Kier molecular flexibility index (Phi) is 4.44. The fraction of sp³-hybridized carbons (Fsp3) is 0.368. The Bertz CT molecular complexity index is 636. The highest BCUT2D eigenvalue weighted by Gasteiger charge is 2.30. The lowest BCUT2D eigenvalue weighted by atomic mass is 9.82. The van der Waals surface area contributed by atoms with Gasteiger partial charge in [0.25, 0.3) is 0 Å². The van der Waals surface area contributed by atoms with Crippen molar-refractivity contribution in [2.75, 3.05) is 0 Å². The van der Waals surface area contributed by atoms with Crippen LogP contribution in [0, 0.1) is 0 Å². The standard InChI is InChI=1S/C19H20F3N/c20-19(21,22)17-9-5-15(6-10-17)13-1-3-14(4-2-13)16-7-11-18(23)12-8-16/h1-6,9-10,16,18H,7-8,11-12,23H2. The van der Waals surface area contributed by atoms with Gasteiger partial charge in [0.15, 0.2) is 0 Å². The van der Waals surface area contributed by atoms with Crippen LogP contribution >= 0.6 is 0 Å². The molecule has 0 aliphatic heterocycles. The molecule has 1 aliphatic carbocycles. The van der Waals surface area contributed by atoms with Gasteiger partial charge in [-0.15, -0.1) is 0 Å². The number of rotatable bonds is 2. The van der Waals surface area contributed by atoms with E-state index in [0.29, 0.717) is 12.0 Å². The van der Waals surface area contributed by atoms with E-state index in [1.54, 1.807) is 0 Å². The first-order valence-corrected chi connectivity index (χ1v) is 7.96. The molecule has 1 aliphatic rings. The second-order valence-electron chi connectivity index (χ2n) is 6.31. The molecular weight excluding hydrogens is 299 g/mol. The molecule has 4 heteroatoms. The first-order chi connectivity index (χ1) is 10.9. The maximum atomic E-state index is 12.6. The van der Waals surface area contributed by atoms with Crippen molar-refractivity contribution in [3.8, 4) is 11.1 Å². The van der Waals surface area contributed by atoms with Crippen LogP contribution in [0.1, 0.15) is 42.7 Å². The molecule has 122 valence electrons. The molecule has 0 aromatic heterocycles. The second kappa shape index (κ2) is 6.36. The van der Waals surface area contributed by atoms with E-state index in [0.717, 1.165) is 48.9 Å². The molecular formula is C19H20F3N. The van der Waals surface area contributed by atoms with Crippen molar-refractivity contribution in [3.63, 3.8) is 0 Å². The van der Waals surface area contributed by atoms with E-state index in [1.165, 1.54) is 17.7 Å². The molecule has 0 saturated heterocycles. The van der Waals surface area contributed by atoms with Gasteiger partial charge in [0.1, 0.15) is 0 Å². The fourth-order valence-corrected chi connectivity index (χ4v) is 3.25. The number of hydrogen-bond acceptors (Lipinski definition) is 1. The fourth-order valence-electron chi connectivity index (χ4n) is 3.25. The quantitative estimate of drug-likeness (QED) is 0.792. The number of hydrogen-bond donors (Lipinski definition) is 1. The molecule has 0 bridgehead atoms. The van der Waals surface area contributed by atoms with Gasteiger partial charge in [0.05, 0.1) is 5.56 Å². The van der Waals surface area contributed by atoms with Crippen molar-refractivity contribution < 1.29 is 13.2 Å². The lowest BCUT2D eigenvalue weighted by molar-refractivity contribution is -0.137. The smallest absolute Gasteiger partial charge is 0.328 e. The van der Waals surface area contributed by atoms with E-state index in [9.17, 15) is 13.2 Å². The molecule has 2 N–H and O–H groups in total. The van der Waals surface area contributed by atoms with Crippen molar-refractivity contribution >= 4 is 0 Å². The Labute approximate surface area is 134 Å². The SMILES string of the molecule is NC1CCC(c2ccc(-c3ccc(C(F)(F)F)cc3)cc2)CC1. The zero-order valence-electron chi connectivity index (χ0n) is 12.8. The highest BCUT2D eigenvalue weighted by molar-refractivity contribution is 5.64. The van der Waals surface area contributed by atoms with Crippen LogP contribution in [0.2, 0.25) is 0 Å². The lowest BCUT2D eigenvalue weighted by Crippen LogP contribution is -2.25. The van der Waals surface area contributed by atoms with Gasteiger partial charge in [-0.05, 0) is 60.4 Å². The number of halogens is 3. The van der Waals surface area contributed by atoms with E-state index >= 15 is 0 Å². The van der Waals surface area contributed by atoms with E-state index in [2.05, 4.69) is 12.1 Å². The van der Waals surface area contributed by atoms with Crippen LogP contribution in [0.5, 0.6) is 0 Å². The molecule has 0 spiro atoms. The summed E-state index contributed by atoms with van der Waals surface area (Å²) in [5.41, 5.74) is 8.36. The number of nitrogens with two attached hydrogens (primary N) is 1. The summed E-state index contributed by atoms with van der Waals surface area (Å²) in [6.45, 7) is 0. The molecule has 0 amide bonds. The van der Waals surface area contributed by atoms with E-state index < -0.39 is 11.7 Å². The highest BCUT2D eigenvalue weighted by Crippen LogP contribution is 2.34. The molecule has 0 unspecified atom stereocenters. The third kappa shape index (κ3) is 3.75. The van der Waals surface area contributed by atoms with Gasteiger partial charge in [0, 0.05) is 6.04 Å². The van der Waals surface area contributed by atoms with Crippen molar-refractivity contribution in [1.29, 1.82) is 0 Å². The minimum absolute atomic E-state index is 0.331. The molecule has 1 nitrogen and oxygen atoms in total. The minimum atomic E-state index is -4.29. The molecule has 0 atom stereocenters. The third-order valence-electron chi connectivity index (χ3n) is 4.70. The van der Waals surface area contributed by atoms with Crippen LogP contribution in [0.15, 0.2) is 48.5 Å². The largest absolute Gasteiger partial charge is 0.416 e. The summed E-state index contributed by atoms with van der Waals surface area (Å²) in [6, 6.07) is 13.8. The molecule has 1 saturated carbocycles. The first kappa shape index (κ1) is 16.1. The zero-order chi connectivity index (χ0) is 16.4. The van der Waals surface area contributed by atoms with Gasteiger partial charge in [-0.25, -0.2) is 0 Å². The predicted molar refractivity (Wildman–Crippen MR) is 86.1 cm³/mol. The molecule has 2 aromatic rings. The van der Waals surface area contributed by atoms with Crippen LogP contribution in [0.4, 0.5) is 13.2 Å². The van der Waals surface area contributed by atoms with Gasteiger partial charge in [-0.1, -0.05) is 36.4 Å². The lowest BCUT2D eigenvalue weighted by Gasteiger charge is -2.26. The van der Waals surface area contributed by atoms with E-state index in [1.807, 2.05) is 12.1 Å². The predicted octanol–water partition coefficient (Wildman–Crippen LogP) is 5.36. The Balaban J connectivity index is 1.74. The molecule has 2 aromatic carbocycles. The summed E-state index contributed by atoms with van der Waals surface area (Å²) in [5, 5.41) is 0. The summed E-state index contributed by atoms with van der Waals surface area (Å²) in [5.74, 6) is 0.552. The van der Waals surface area contributed by atoms with Gasteiger partial charge >= 0.3 is 6.18 Å². The van der Waals surface area contributed by atoms with Crippen molar-refractivity contribution in [3.05, 3.63) is 59.7 Å². The summed E-state index contributed by atoms with van der Waals surface area (Å²) in [7, 11) is 0. The average Bonchev–Trinajstić information content (AvgIpc) is 2.55. The van der Waals surface area contributed by atoms with Crippen LogP contribution in [-0.4, -0.2) is 6.04 Å². The Morgan fingerprint density at radius 2 is 1.22 bits per heavy atom. The van der Waals surface area contributed by atoms with E-state index in [4.69, 9.17) is 5.73 Å². The molecule has 3 rings (SSSR count). The summed E-state index contributed by atoms with van der Waals surface area (Å²) < 4.78 is 37.8. The number of alkyl halides is 3. The Morgan fingerprint density at radius 3 is 1.70 bits per heavy atom. The zero-order valence-corrected chi connectivity index (χ0v) is 12.8. The van der Waals surface area contributed by atoms with Crippen LogP contribution in [0.25, 0.3) is 11.1 Å². The summed E-state index contributed by atoms with van der Waals surface area (Å²) >= 11 is 0.